The number of nitrogens with zero attached hydrogens (tertiary/aromatic N) is 2. The van der Waals surface area contributed by atoms with Gasteiger partial charge in [-0.2, -0.15) is 0 Å². The third kappa shape index (κ3) is 3.49. The van der Waals surface area contributed by atoms with Gasteiger partial charge < -0.3 is 10.6 Å². The van der Waals surface area contributed by atoms with Crippen LogP contribution < -0.4 is 10.6 Å². The Balaban J connectivity index is 2.44. The molecule has 0 aromatic carbocycles. The number of rotatable bonds is 4. The van der Waals surface area contributed by atoms with Gasteiger partial charge in [-0.15, -0.1) is 0 Å². The van der Waals surface area contributed by atoms with Gasteiger partial charge in [-0.1, -0.05) is 0 Å². The monoisotopic (exact) mass is 194 g/mol. The first-order chi connectivity index (χ1) is 6.72. The van der Waals surface area contributed by atoms with Crippen molar-refractivity contribution in [3.63, 3.8) is 0 Å². The van der Waals surface area contributed by atoms with Crippen molar-refractivity contribution >= 4 is 11.6 Å². The predicted octanol–water partition coefficient (Wildman–Crippen LogP) is 0.333. The Morgan fingerprint density at radius 3 is 2.64 bits per heavy atom. The fourth-order valence-corrected chi connectivity index (χ4v) is 0.919. The van der Waals surface area contributed by atoms with Crippen LogP contribution in [-0.4, -0.2) is 29.5 Å². The third-order valence-electron chi connectivity index (χ3n) is 1.67. The molecule has 0 atom stereocenters. The SMILES string of the molecule is CNCCC(=O)Nc1cnc(C)nc1. The summed E-state index contributed by atoms with van der Waals surface area (Å²) in [5.41, 5.74) is 0.636. The highest BCUT2D eigenvalue weighted by Gasteiger charge is 2.01. The van der Waals surface area contributed by atoms with Gasteiger partial charge in [-0.05, 0) is 14.0 Å². The summed E-state index contributed by atoms with van der Waals surface area (Å²) in [7, 11) is 1.81. The lowest BCUT2D eigenvalue weighted by Gasteiger charge is -2.03. The van der Waals surface area contributed by atoms with Crippen molar-refractivity contribution in [2.75, 3.05) is 18.9 Å². The summed E-state index contributed by atoms with van der Waals surface area (Å²) in [6, 6.07) is 0. The Morgan fingerprint density at radius 1 is 1.43 bits per heavy atom. The zero-order chi connectivity index (χ0) is 10.4. The van der Waals surface area contributed by atoms with Gasteiger partial charge in [0.2, 0.25) is 5.91 Å². The second-order valence-corrected chi connectivity index (χ2v) is 2.92. The van der Waals surface area contributed by atoms with E-state index in [1.165, 1.54) is 0 Å². The molecular weight excluding hydrogens is 180 g/mol. The molecule has 76 valence electrons. The molecule has 5 nitrogen and oxygen atoms in total. The van der Waals surface area contributed by atoms with Crippen molar-refractivity contribution in [2.45, 2.75) is 13.3 Å². The molecule has 1 rings (SSSR count). The van der Waals surface area contributed by atoms with E-state index >= 15 is 0 Å². The van der Waals surface area contributed by atoms with Gasteiger partial charge in [0.1, 0.15) is 5.82 Å². The number of carbonyl (C=O) groups excluding carboxylic acids is 1. The first-order valence-corrected chi connectivity index (χ1v) is 4.45. The van der Waals surface area contributed by atoms with Crippen LogP contribution in [-0.2, 0) is 4.79 Å². The maximum Gasteiger partial charge on any atom is 0.225 e. The molecule has 1 aromatic rings. The number of amides is 1. The molecule has 5 heteroatoms. The summed E-state index contributed by atoms with van der Waals surface area (Å²) in [5, 5.41) is 5.60. The molecule has 0 saturated heterocycles. The Labute approximate surface area is 83.0 Å². The van der Waals surface area contributed by atoms with E-state index in [0.717, 1.165) is 0 Å². The number of hydrogen-bond donors (Lipinski definition) is 2. The average molecular weight is 194 g/mol. The average Bonchev–Trinajstić information content (AvgIpc) is 2.18. The van der Waals surface area contributed by atoms with Crippen molar-refractivity contribution < 1.29 is 4.79 Å². The molecule has 0 unspecified atom stereocenters. The van der Waals surface area contributed by atoms with Crippen LogP contribution in [0.4, 0.5) is 5.69 Å². The Hall–Kier alpha value is -1.49. The zero-order valence-electron chi connectivity index (χ0n) is 8.37. The molecule has 1 aromatic heterocycles. The third-order valence-corrected chi connectivity index (χ3v) is 1.67. The van der Waals surface area contributed by atoms with Gasteiger partial charge in [0.05, 0.1) is 18.1 Å². The van der Waals surface area contributed by atoms with E-state index in [-0.39, 0.29) is 5.91 Å². The molecule has 0 bridgehead atoms. The molecule has 2 N–H and O–H groups in total. The number of aromatic nitrogens is 2. The first-order valence-electron chi connectivity index (χ1n) is 4.45. The van der Waals surface area contributed by atoms with Gasteiger partial charge in [0.25, 0.3) is 0 Å². The van der Waals surface area contributed by atoms with Crippen molar-refractivity contribution in [1.29, 1.82) is 0 Å². The minimum Gasteiger partial charge on any atom is -0.323 e. The lowest BCUT2D eigenvalue weighted by Crippen LogP contribution is -2.18. The molecule has 0 aliphatic rings. The number of hydrogen-bond acceptors (Lipinski definition) is 4. The number of aryl methyl sites for hydroxylation is 1. The number of anilines is 1. The Morgan fingerprint density at radius 2 is 2.07 bits per heavy atom. The second-order valence-electron chi connectivity index (χ2n) is 2.92. The predicted molar refractivity (Wildman–Crippen MR) is 53.9 cm³/mol. The quantitative estimate of drug-likeness (QED) is 0.725. The molecule has 1 heterocycles. The fourth-order valence-electron chi connectivity index (χ4n) is 0.919. The summed E-state index contributed by atoms with van der Waals surface area (Å²) < 4.78 is 0. The normalized spacial score (nSPS) is 9.86. The van der Waals surface area contributed by atoms with E-state index in [1.54, 1.807) is 19.3 Å². The van der Waals surface area contributed by atoms with Crippen LogP contribution in [0, 0.1) is 6.92 Å². The number of nitrogens with one attached hydrogen (secondary N) is 2. The van der Waals surface area contributed by atoms with Crippen LogP contribution in [0.15, 0.2) is 12.4 Å². The number of carbonyl (C=O) groups is 1. The maximum atomic E-state index is 11.2. The maximum absolute atomic E-state index is 11.2. The molecule has 0 radical (unpaired) electrons. The highest BCUT2D eigenvalue weighted by atomic mass is 16.1. The Bertz CT molecular complexity index is 296. The van der Waals surface area contributed by atoms with E-state index in [9.17, 15) is 4.79 Å². The topological polar surface area (TPSA) is 66.9 Å². The van der Waals surface area contributed by atoms with Crippen molar-refractivity contribution in [3.8, 4) is 0 Å². The van der Waals surface area contributed by atoms with E-state index in [0.29, 0.717) is 24.5 Å². The van der Waals surface area contributed by atoms with Crippen LogP contribution in [0.5, 0.6) is 0 Å². The van der Waals surface area contributed by atoms with E-state index < -0.39 is 0 Å². The summed E-state index contributed by atoms with van der Waals surface area (Å²) in [6.45, 7) is 2.46. The molecule has 1 amide bonds. The summed E-state index contributed by atoms with van der Waals surface area (Å²) in [6.07, 6.45) is 3.64. The smallest absolute Gasteiger partial charge is 0.225 e. The van der Waals surface area contributed by atoms with Gasteiger partial charge in [0, 0.05) is 13.0 Å². The van der Waals surface area contributed by atoms with Gasteiger partial charge >= 0.3 is 0 Å². The van der Waals surface area contributed by atoms with Gasteiger partial charge in [-0.3, -0.25) is 4.79 Å². The highest BCUT2D eigenvalue weighted by Crippen LogP contribution is 2.02. The first kappa shape index (κ1) is 10.6. The Kier molecular flexibility index (Phi) is 4.00. The summed E-state index contributed by atoms with van der Waals surface area (Å²) in [5.74, 6) is 0.657. The van der Waals surface area contributed by atoms with Crippen molar-refractivity contribution in [1.82, 2.24) is 15.3 Å². The lowest BCUT2D eigenvalue weighted by atomic mass is 10.4. The lowest BCUT2D eigenvalue weighted by molar-refractivity contribution is -0.116. The largest absolute Gasteiger partial charge is 0.323 e. The minimum absolute atomic E-state index is 0.0354. The summed E-state index contributed by atoms with van der Waals surface area (Å²) in [4.78, 5) is 19.2. The van der Waals surface area contributed by atoms with E-state index in [1.807, 2.05) is 7.05 Å². The van der Waals surface area contributed by atoms with Crippen molar-refractivity contribution in [3.05, 3.63) is 18.2 Å². The van der Waals surface area contributed by atoms with E-state index in [4.69, 9.17) is 0 Å². The second kappa shape index (κ2) is 5.29. The van der Waals surface area contributed by atoms with E-state index in [2.05, 4.69) is 20.6 Å². The highest BCUT2D eigenvalue weighted by molar-refractivity contribution is 5.90. The molecule has 0 aliphatic carbocycles. The minimum atomic E-state index is -0.0354. The van der Waals surface area contributed by atoms with Crippen LogP contribution in [0.25, 0.3) is 0 Å². The zero-order valence-corrected chi connectivity index (χ0v) is 8.37. The van der Waals surface area contributed by atoms with Crippen LogP contribution in [0.3, 0.4) is 0 Å². The standard InChI is InChI=1S/C9H14N4O/c1-7-11-5-8(6-12-7)13-9(14)3-4-10-2/h5-6,10H,3-4H2,1-2H3,(H,13,14). The molecule has 0 saturated carbocycles. The van der Waals surface area contributed by atoms with Crippen molar-refractivity contribution in [2.24, 2.45) is 0 Å². The van der Waals surface area contributed by atoms with Crippen LogP contribution in [0.2, 0.25) is 0 Å². The fraction of sp³-hybridized carbons (Fsp3) is 0.444. The molecule has 0 fully saturated rings. The van der Waals surface area contributed by atoms with Crippen LogP contribution >= 0.6 is 0 Å². The van der Waals surface area contributed by atoms with Crippen LogP contribution in [0.1, 0.15) is 12.2 Å². The summed E-state index contributed by atoms with van der Waals surface area (Å²) >= 11 is 0. The molecular formula is C9H14N4O. The molecule has 14 heavy (non-hydrogen) atoms. The van der Waals surface area contributed by atoms with Gasteiger partial charge in [-0.25, -0.2) is 9.97 Å². The molecule has 0 aliphatic heterocycles. The van der Waals surface area contributed by atoms with Gasteiger partial charge in [0.15, 0.2) is 0 Å². The molecule has 0 spiro atoms.